The van der Waals surface area contributed by atoms with E-state index in [1.54, 1.807) is 0 Å². The maximum atomic E-state index is 11.7. The van der Waals surface area contributed by atoms with Crippen LogP contribution in [0.3, 0.4) is 0 Å². The molecule has 0 radical (unpaired) electrons. The van der Waals surface area contributed by atoms with Crippen LogP contribution in [-0.2, 0) is 11.2 Å². The third kappa shape index (κ3) is 3.81. The molecule has 108 valence electrons. The monoisotopic (exact) mass is 274 g/mol. The molecule has 1 atom stereocenters. The summed E-state index contributed by atoms with van der Waals surface area (Å²) in [5, 5.41) is 2.87. The van der Waals surface area contributed by atoms with Gasteiger partial charge in [0.05, 0.1) is 11.0 Å². The molecule has 2 rings (SSSR count). The van der Waals surface area contributed by atoms with E-state index in [1.807, 2.05) is 32.0 Å². The predicted octanol–water partition coefficient (Wildman–Crippen LogP) is 1.66. The Morgan fingerprint density at radius 3 is 3.00 bits per heavy atom. The van der Waals surface area contributed by atoms with E-state index in [0.29, 0.717) is 19.4 Å². The van der Waals surface area contributed by atoms with Gasteiger partial charge in [0, 0.05) is 25.4 Å². The number of nitrogens with two attached hydrogens (primary N) is 1. The van der Waals surface area contributed by atoms with E-state index in [1.165, 1.54) is 0 Å². The summed E-state index contributed by atoms with van der Waals surface area (Å²) in [7, 11) is 0. The molecule has 1 unspecified atom stereocenters. The Hall–Kier alpha value is -1.88. The molecule has 0 aliphatic rings. The quantitative estimate of drug-likeness (QED) is 0.749. The van der Waals surface area contributed by atoms with Gasteiger partial charge >= 0.3 is 0 Å². The lowest BCUT2D eigenvalue weighted by molar-refractivity contribution is -0.121. The number of fused-ring (bicyclic) bond motifs is 1. The summed E-state index contributed by atoms with van der Waals surface area (Å²) in [5.41, 5.74) is 8.79. The fourth-order valence-corrected chi connectivity index (χ4v) is 2.10. The summed E-state index contributed by atoms with van der Waals surface area (Å²) in [4.78, 5) is 19.5. The first kappa shape index (κ1) is 14.5. The molecule has 0 bridgehead atoms. The van der Waals surface area contributed by atoms with Crippen LogP contribution in [0.2, 0.25) is 0 Å². The van der Waals surface area contributed by atoms with Crippen molar-refractivity contribution in [2.75, 3.05) is 6.54 Å². The third-order valence-electron chi connectivity index (χ3n) is 3.27. The van der Waals surface area contributed by atoms with E-state index >= 15 is 0 Å². The molecule has 0 fully saturated rings. The molecular weight excluding hydrogens is 252 g/mol. The van der Waals surface area contributed by atoms with E-state index in [2.05, 4.69) is 15.3 Å². The number of nitrogens with one attached hydrogen (secondary N) is 2. The Morgan fingerprint density at radius 2 is 2.30 bits per heavy atom. The zero-order valence-corrected chi connectivity index (χ0v) is 12.1. The summed E-state index contributed by atoms with van der Waals surface area (Å²) in [6, 6.07) is 6.16. The van der Waals surface area contributed by atoms with E-state index < -0.39 is 0 Å². The largest absolute Gasteiger partial charge is 0.356 e. The van der Waals surface area contributed by atoms with Crippen molar-refractivity contribution in [3.63, 3.8) is 0 Å². The second-order valence-electron chi connectivity index (χ2n) is 5.27. The summed E-state index contributed by atoms with van der Waals surface area (Å²) >= 11 is 0. The summed E-state index contributed by atoms with van der Waals surface area (Å²) < 4.78 is 0. The van der Waals surface area contributed by atoms with Gasteiger partial charge in [-0.1, -0.05) is 12.1 Å². The first-order chi connectivity index (χ1) is 9.56. The third-order valence-corrected chi connectivity index (χ3v) is 3.27. The highest BCUT2D eigenvalue weighted by atomic mass is 16.1. The zero-order chi connectivity index (χ0) is 14.5. The fourth-order valence-electron chi connectivity index (χ4n) is 2.10. The number of para-hydroxylation sites is 1. The number of benzene rings is 1. The first-order valence-corrected chi connectivity index (χ1v) is 7.02. The molecule has 0 saturated heterocycles. The molecule has 1 aromatic heterocycles. The second kappa shape index (κ2) is 6.52. The van der Waals surface area contributed by atoms with Gasteiger partial charge in [-0.25, -0.2) is 4.98 Å². The van der Waals surface area contributed by atoms with Crippen LogP contribution >= 0.6 is 0 Å². The van der Waals surface area contributed by atoms with Crippen molar-refractivity contribution in [3.8, 4) is 0 Å². The Bertz CT molecular complexity index is 589. The highest BCUT2D eigenvalue weighted by Gasteiger charge is 2.07. The normalized spacial score (nSPS) is 12.6. The maximum Gasteiger partial charge on any atom is 0.220 e. The van der Waals surface area contributed by atoms with Crippen molar-refractivity contribution in [1.29, 1.82) is 0 Å². The molecule has 5 nitrogen and oxygen atoms in total. The second-order valence-corrected chi connectivity index (χ2v) is 5.27. The average Bonchev–Trinajstić information content (AvgIpc) is 2.80. The van der Waals surface area contributed by atoms with Crippen LogP contribution in [0.25, 0.3) is 11.0 Å². The zero-order valence-electron chi connectivity index (χ0n) is 12.1. The first-order valence-electron chi connectivity index (χ1n) is 7.02. The van der Waals surface area contributed by atoms with E-state index in [0.717, 1.165) is 28.8 Å². The Labute approximate surface area is 119 Å². The fraction of sp³-hybridized carbons (Fsp3) is 0.467. The molecule has 0 saturated carbocycles. The van der Waals surface area contributed by atoms with Gasteiger partial charge in [0.25, 0.3) is 0 Å². The van der Waals surface area contributed by atoms with Crippen molar-refractivity contribution in [1.82, 2.24) is 15.3 Å². The minimum absolute atomic E-state index is 0.0443. The SMILES string of the molecule is Cc1cccc2[nH]c(CCC(=O)NCCC(C)N)nc12. The molecule has 0 aliphatic heterocycles. The smallest absolute Gasteiger partial charge is 0.220 e. The Balaban J connectivity index is 1.86. The van der Waals surface area contributed by atoms with E-state index in [4.69, 9.17) is 5.73 Å². The molecule has 5 heteroatoms. The summed E-state index contributed by atoms with van der Waals surface area (Å²) in [6.45, 7) is 4.60. The predicted molar refractivity (Wildman–Crippen MR) is 80.4 cm³/mol. The van der Waals surface area contributed by atoms with Gasteiger partial charge in [0.2, 0.25) is 5.91 Å². The molecule has 1 heterocycles. The maximum absolute atomic E-state index is 11.7. The highest BCUT2D eigenvalue weighted by molar-refractivity contribution is 5.79. The molecule has 1 amide bonds. The van der Waals surface area contributed by atoms with Crippen molar-refractivity contribution >= 4 is 16.9 Å². The van der Waals surface area contributed by atoms with Crippen LogP contribution in [-0.4, -0.2) is 28.5 Å². The summed E-state index contributed by atoms with van der Waals surface area (Å²) in [5.74, 6) is 0.902. The van der Waals surface area contributed by atoms with Crippen LogP contribution in [0.5, 0.6) is 0 Å². The number of hydrogen-bond acceptors (Lipinski definition) is 3. The topological polar surface area (TPSA) is 83.8 Å². The van der Waals surface area contributed by atoms with Crippen LogP contribution in [0.4, 0.5) is 0 Å². The van der Waals surface area contributed by atoms with Crippen LogP contribution in [0.15, 0.2) is 18.2 Å². The minimum Gasteiger partial charge on any atom is -0.356 e. The number of aromatic amines is 1. The van der Waals surface area contributed by atoms with Gasteiger partial charge in [0.15, 0.2) is 0 Å². The van der Waals surface area contributed by atoms with Crippen molar-refractivity contribution in [3.05, 3.63) is 29.6 Å². The number of H-pyrrole nitrogens is 1. The number of aromatic nitrogens is 2. The Kier molecular flexibility index (Phi) is 4.74. The van der Waals surface area contributed by atoms with Crippen LogP contribution in [0.1, 0.15) is 31.2 Å². The van der Waals surface area contributed by atoms with Crippen molar-refractivity contribution in [2.45, 2.75) is 39.2 Å². The lowest BCUT2D eigenvalue weighted by Crippen LogP contribution is -2.29. The van der Waals surface area contributed by atoms with E-state index in [-0.39, 0.29) is 11.9 Å². The number of aryl methyl sites for hydroxylation is 2. The Morgan fingerprint density at radius 1 is 1.50 bits per heavy atom. The van der Waals surface area contributed by atoms with Crippen molar-refractivity contribution in [2.24, 2.45) is 5.73 Å². The number of nitrogens with zero attached hydrogens (tertiary/aromatic N) is 1. The highest BCUT2D eigenvalue weighted by Crippen LogP contribution is 2.15. The standard InChI is InChI=1S/C15H22N4O/c1-10-4-3-5-12-15(10)19-13(18-12)6-7-14(20)17-9-8-11(2)16/h3-5,11H,6-9,16H2,1-2H3,(H,17,20)(H,18,19). The van der Waals surface area contributed by atoms with Gasteiger partial charge in [0.1, 0.15) is 5.82 Å². The number of carbonyl (C=O) groups is 1. The minimum atomic E-state index is 0.0443. The molecule has 0 aliphatic carbocycles. The molecule has 2 aromatic rings. The van der Waals surface area contributed by atoms with Gasteiger partial charge in [-0.05, 0) is 31.9 Å². The van der Waals surface area contributed by atoms with Gasteiger partial charge in [-0.2, -0.15) is 0 Å². The number of carbonyl (C=O) groups excluding carboxylic acids is 1. The van der Waals surface area contributed by atoms with Gasteiger partial charge in [-0.3, -0.25) is 4.79 Å². The summed E-state index contributed by atoms with van der Waals surface area (Å²) in [6.07, 6.45) is 1.87. The van der Waals surface area contributed by atoms with Gasteiger partial charge in [-0.15, -0.1) is 0 Å². The average molecular weight is 274 g/mol. The molecule has 20 heavy (non-hydrogen) atoms. The number of amides is 1. The van der Waals surface area contributed by atoms with Crippen LogP contribution in [0, 0.1) is 6.92 Å². The number of hydrogen-bond donors (Lipinski definition) is 3. The lowest BCUT2D eigenvalue weighted by Gasteiger charge is -2.06. The lowest BCUT2D eigenvalue weighted by atomic mass is 10.2. The number of rotatable bonds is 6. The number of imidazole rings is 1. The molecular formula is C15H22N4O. The van der Waals surface area contributed by atoms with Gasteiger partial charge < -0.3 is 16.0 Å². The molecule has 0 spiro atoms. The van der Waals surface area contributed by atoms with Crippen molar-refractivity contribution < 1.29 is 4.79 Å². The van der Waals surface area contributed by atoms with E-state index in [9.17, 15) is 4.79 Å². The van der Waals surface area contributed by atoms with Crippen LogP contribution < -0.4 is 11.1 Å². The molecule has 1 aromatic carbocycles. The molecule has 4 N–H and O–H groups in total.